The second-order valence-corrected chi connectivity index (χ2v) is 10.7. The second-order valence-electron chi connectivity index (χ2n) is 10.3. The molecule has 222 valence electrons. The largest absolute Gasteiger partial charge is 0.448 e. The molecule has 1 atom stereocenters. The van der Waals surface area contributed by atoms with Crippen molar-refractivity contribution in [1.29, 1.82) is 0 Å². The van der Waals surface area contributed by atoms with Crippen LogP contribution in [0.25, 0.3) is 0 Å². The number of nitrogens with one attached hydrogen (secondary N) is 2. The molecule has 0 aromatic heterocycles. The van der Waals surface area contributed by atoms with Gasteiger partial charge in [-0.3, -0.25) is 20.0 Å². The minimum Gasteiger partial charge on any atom is -0.448 e. The molecule has 3 aromatic carbocycles. The maximum atomic E-state index is 13.3. The van der Waals surface area contributed by atoms with Crippen LogP contribution in [-0.2, 0) is 27.1 Å². The van der Waals surface area contributed by atoms with E-state index in [1.165, 1.54) is 11.1 Å². The highest BCUT2D eigenvalue weighted by Gasteiger charge is 2.26. The van der Waals surface area contributed by atoms with Gasteiger partial charge in [-0.2, -0.15) is 0 Å². The summed E-state index contributed by atoms with van der Waals surface area (Å²) in [5.74, 6) is -0.168. The number of anilines is 2. The Morgan fingerprint density at radius 3 is 2.60 bits per heavy atom. The molecule has 3 aromatic rings. The standard InChI is InChI=1S/C32H35ClN4O4.ClH/c1-3-23-5-4-22(18-21(23)2)19-29-31(38)36-28-11-8-25(33)20-27(28)30(35-29)24-6-9-26(10-7-24)34-32(39)41-17-14-37-12-15-40-16-13-37;/h4-11,18,20,29H,3,12-17,19H2,1-2H3,(H,34,39)(H,36,38);1H. The second kappa shape index (κ2) is 14.6. The molecule has 8 nitrogen and oxygen atoms in total. The minimum absolute atomic E-state index is 0. The third-order valence-corrected chi connectivity index (χ3v) is 7.68. The molecule has 0 radical (unpaired) electrons. The third-order valence-electron chi connectivity index (χ3n) is 7.45. The number of fused-ring (bicyclic) bond motifs is 1. The van der Waals surface area contributed by atoms with Crippen molar-refractivity contribution in [3.05, 3.63) is 93.5 Å². The van der Waals surface area contributed by atoms with E-state index < -0.39 is 12.1 Å². The fraction of sp³-hybridized carbons (Fsp3) is 0.344. The molecular formula is C32H36Cl2N4O4. The lowest BCUT2D eigenvalue weighted by Gasteiger charge is -2.26. The molecule has 5 rings (SSSR count). The first-order chi connectivity index (χ1) is 19.9. The third kappa shape index (κ3) is 7.89. The average molecular weight is 612 g/mol. The summed E-state index contributed by atoms with van der Waals surface area (Å²) < 4.78 is 10.7. The zero-order valence-electron chi connectivity index (χ0n) is 23.8. The van der Waals surface area contributed by atoms with Crippen LogP contribution in [0, 0.1) is 6.92 Å². The van der Waals surface area contributed by atoms with Crippen LogP contribution >= 0.6 is 24.0 Å². The summed E-state index contributed by atoms with van der Waals surface area (Å²) in [5.41, 5.74) is 7.02. The highest BCUT2D eigenvalue weighted by atomic mass is 35.5. The zero-order chi connectivity index (χ0) is 28.8. The van der Waals surface area contributed by atoms with Crippen LogP contribution < -0.4 is 10.6 Å². The van der Waals surface area contributed by atoms with E-state index in [1.807, 2.05) is 18.2 Å². The van der Waals surface area contributed by atoms with Gasteiger partial charge in [0.2, 0.25) is 5.91 Å². The van der Waals surface area contributed by atoms with Gasteiger partial charge in [0.1, 0.15) is 12.6 Å². The lowest BCUT2D eigenvalue weighted by molar-refractivity contribution is -0.117. The van der Waals surface area contributed by atoms with Crippen LogP contribution in [-0.4, -0.2) is 68.1 Å². The first-order valence-corrected chi connectivity index (χ1v) is 14.4. The van der Waals surface area contributed by atoms with Gasteiger partial charge in [0, 0.05) is 47.9 Å². The van der Waals surface area contributed by atoms with E-state index in [0.717, 1.165) is 36.2 Å². The van der Waals surface area contributed by atoms with Crippen molar-refractivity contribution >= 4 is 53.1 Å². The Labute approximate surface area is 257 Å². The van der Waals surface area contributed by atoms with Gasteiger partial charge in [0.15, 0.2) is 0 Å². The number of morpholine rings is 1. The highest BCUT2D eigenvalue weighted by Crippen LogP contribution is 2.29. The van der Waals surface area contributed by atoms with Gasteiger partial charge >= 0.3 is 6.09 Å². The number of aryl methyl sites for hydroxylation is 2. The Morgan fingerprint density at radius 1 is 1.12 bits per heavy atom. The number of halogens is 2. The summed E-state index contributed by atoms with van der Waals surface area (Å²) in [5, 5.41) is 6.37. The number of benzene rings is 3. The number of hydrogen-bond acceptors (Lipinski definition) is 6. The number of rotatable bonds is 8. The topological polar surface area (TPSA) is 92.3 Å². The summed E-state index contributed by atoms with van der Waals surface area (Å²) >= 11 is 6.37. The van der Waals surface area contributed by atoms with Crippen molar-refractivity contribution in [2.75, 3.05) is 50.1 Å². The van der Waals surface area contributed by atoms with Gasteiger partial charge < -0.3 is 14.8 Å². The zero-order valence-corrected chi connectivity index (χ0v) is 25.4. The lowest BCUT2D eigenvalue weighted by Crippen LogP contribution is -2.38. The van der Waals surface area contributed by atoms with Crippen molar-refractivity contribution in [2.45, 2.75) is 32.7 Å². The molecule has 2 amide bonds. The fourth-order valence-corrected chi connectivity index (χ4v) is 5.32. The van der Waals surface area contributed by atoms with E-state index in [-0.39, 0.29) is 18.3 Å². The van der Waals surface area contributed by atoms with Gasteiger partial charge in [-0.15, -0.1) is 12.4 Å². The number of hydrogen-bond donors (Lipinski definition) is 2. The molecule has 1 unspecified atom stereocenters. The molecule has 42 heavy (non-hydrogen) atoms. The normalized spacial score (nSPS) is 16.8. The number of carbonyl (C=O) groups excluding carboxylic acids is 2. The van der Waals surface area contributed by atoms with Crippen LogP contribution in [0.15, 0.2) is 65.7 Å². The van der Waals surface area contributed by atoms with E-state index >= 15 is 0 Å². The van der Waals surface area contributed by atoms with Gasteiger partial charge in [0.25, 0.3) is 0 Å². The van der Waals surface area contributed by atoms with Crippen molar-refractivity contribution < 1.29 is 19.1 Å². The highest BCUT2D eigenvalue weighted by molar-refractivity contribution is 6.32. The first kappa shape index (κ1) is 31.5. The van der Waals surface area contributed by atoms with Gasteiger partial charge in [-0.1, -0.05) is 48.9 Å². The number of carbonyl (C=O) groups is 2. The van der Waals surface area contributed by atoms with E-state index in [1.54, 1.807) is 24.3 Å². The molecule has 2 aliphatic heterocycles. The van der Waals surface area contributed by atoms with E-state index in [4.69, 9.17) is 26.1 Å². The molecule has 2 heterocycles. The van der Waals surface area contributed by atoms with E-state index in [2.05, 4.69) is 47.6 Å². The molecule has 0 aliphatic carbocycles. The van der Waals surface area contributed by atoms with Crippen molar-refractivity contribution in [3.63, 3.8) is 0 Å². The molecule has 0 bridgehead atoms. The lowest BCUT2D eigenvalue weighted by atomic mass is 9.98. The number of nitrogens with zero attached hydrogens (tertiary/aromatic N) is 2. The number of benzodiazepines with no additional fused rings is 1. The van der Waals surface area contributed by atoms with Crippen molar-refractivity contribution in [2.24, 2.45) is 4.99 Å². The van der Waals surface area contributed by atoms with E-state index in [9.17, 15) is 9.59 Å². The molecule has 2 aliphatic rings. The Bertz CT molecular complexity index is 1440. The van der Waals surface area contributed by atoms with Crippen molar-refractivity contribution in [3.8, 4) is 0 Å². The SMILES string of the molecule is CCc1ccc(CC2N=C(c3ccc(NC(=O)OCCN4CCOCC4)cc3)c3cc(Cl)ccc3NC2=O)cc1C.Cl. The summed E-state index contributed by atoms with van der Waals surface area (Å²) in [6, 6.07) is 18.4. The van der Waals surface area contributed by atoms with Crippen LogP contribution in [0.5, 0.6) is 0 Å². The monoisotopic (exact) mass is 610 g/mol. The molecular weight excluding hydrogens is 575 g/mol. The number of aliphatic imine (C=N–C) groups is 1. The molecule has 10 heteroatoms. The maximum absolute atomic E-state index is 13.3. The molecule has 2 N–H and O–H groups in total. The fourth-order valence-electron chi connectivity index (χ4n) is 5.15. The number of ether oxygens (including phenoxy) is 2. The predicted octanol–water partition coefficient (Wildman–Crippen LogP) is 5.91. The molecule has 1 fully saturated rings. The van der Waals surface area contributed by atoms with Crippen LogP contribution in [0.1, 0.15) is 34.7 Å². The quantitative estimate of drug-likeness (QED) is 0.330. The minimum atomic E-state index is -0.623. The van der Waals surface area contributed by atoms with Crippen LogP contribution in [0.2, 0.25) is 5.02 Å². The number of amides is 2. The first-order valence-electron chi connectivity index (χ1n) is 14.0. The molecule has 0 spiro atoms. The van der Waals surface area contributed by atoms with Gasteiger partial charge in [-0.05, 0) is 60.4 Å². The van der Waals surface area contributed by atoms with Gasteiger partial charge in [-0.25, -0.2) is 4.79 Å². The van der Waals surface area contributed by atoms with Crippen LogP contribution in [0.3, 0.4) is 0 Å². The van der Waals surface area contributed by atoms with Crippen LogP contribution in [0.4, 0.5) is 16.2 Å². The predicted molar refractivity (Wildman–Crippen MR) is 170 cm³/mol. The Morgan fingerprint density at radius 2 is 1.88 bits per heavy atom. The Hall–Kier alpha value is -3.43. The maximum Gasteiger partial charge on any atom is 0.411 e. The summed E-state index contributed by atoms with van der Waals surface area (Å²) in [4.78, 5) is 32.8. The average Bonchev–Trinajstić information content (AvgIpc) is 3.10. The van der Waals surface area contributed by atoms with Gasteiger partial charge in [0.05, 0.1) is 24.6 Å². The Balaban J connectivity index is 0.00000405. The summed E-state index contributed by atoms with van der Waals surface area (Å²) in [7, 11) is 0. The van der Waals surface area contributed by atoms with Crippen molar-refractivity contribution in [1.82, 2.24) is 4.90 Å². The molecule has 0 saturated carbocycles. The summed E-state index contributed by atoms with van der Waals surface area (Å²) in [6.45, 7) is 8.31. The summed E-state index contributed by atoms with van der Waals surface area (Å²) in [6.07, 6.45) is 0.928. The smallest absolute Gasteiger partial charge is 0.411 e. The van der Waals surface area contributed by atoms with E-state index in [0.29, 0.717) is 54.9 Å². The Kier molecular flexibility index (Phi) is 11.0. The molecule has 1 saturated heterocycles.